The number of rotatable bonds is 8. The highest BCUT2D eigenvalue weighted by molar-refractivity contribution is 7.88. The Morgan fingerprint density at radius 2 is 2.26 bits per heavy atom. The minimum atomic E-state index is -3.04. The fraction of sp³-hybridized carbons (Fsp3) is 0.846. The first-order valence-electron chi connectivity index (χ1n) is 6.77. The molecule has 0 spiro atoms. The second-order valence-corrected chi connectivity index (χ2v) is 7.33. The second-order valence-electron chi connectivity index (χ2n) is 5.34. The molecular formula is C13H26N2O3S. The number of hydrogen-bond acceptors (Lipinski definition) is 4. The quantitative estimate of drug-likeness (QED) is 0.532. The van der Waals surface area contributed by atoms with Crippen LogP contribution in [0.1, 0.15) is 19.8 Å². The summed E-state index contributed by atoms with van der Waals surface area (Å²) in [4.78, 5) is 0. The molecule has 1 saturated heterocycles. The van der Waals surface area contributed by atoms with Gasteiger partial charge >= 0.3 is 0 Å². The normalized spacial score (nSPS) is 21.5. The highest BCUT2D eigenvalue weighted by Crippen LogP contribution is 2.17. The molecular weight excluding hydrogens is 264 g/mol. The Kier molecular flexibility index (Phi) is 6.99. The molecule has 1 unspecified atom stereocenters. The van der Waals surface area contributed by atoms with Crippen LogP contribution in [-0.2, 0) is 14.8 Å². The highest BCUT2D eigenvalue weighted by Gasteiger charge is 2.25. The van der Waals surface area contributed by atoms with Crippen LogP contribution >= 0.6 is 0 Å². The van der Waals surface area contributed by atoms with E-state index in [0.717, 1.165) is 31.5 Å². The van der Waals surface area contributed by atoms with Crippen molar-refractivity contribution in [3.8, 4) is 0 Å². The summed E-state index contributed by atoms with van der Waals surface area (Å²) < 4.78 is 30.0. The number of sulfonamides is 1. The molecule has 0 radical (unpaired) electrons. The van der Waals surface area contributed by atoms with Crippen molar-refractivity contribution in [1.29, 1.82) is 0 Å². The Morgan fingerprint density at radius 1 is 1.53 bits per heavy atom. The molecule has 1 fully saturated rings. The van der Waals surface area contributed by atoms with Gasteiger partial charge in [0.05, 0.1) is 19.5 Å². The first kappa shape index (κ1) is 16.6. The van der Waals surface area contributed by atoms with E-state index in [1.807, 2.05) is 6.92 Å². The van der Waals surface area contributed by atoms with Gasteiger partial charge in [-0.2, -0.15) is 0 Å². The van der Waals surface area contributed by atoms with E-state index < -0.39 is 10.0 Å². The van der Waals surface area contributed by atoms with Crippen molar-refractivity contribution in [2.75, 3.05) is 45.6 Å². The van der Waals surface area contributed by atoms with Crippen LogP contribution in [0.3, 0.4) is 0 Å². The lowest BCUT2D eigenvalue weighted by molar-refractivity contribution is 0.155. The molecule has 0 aromatic heterocycles. The van der Waals surface area contributed by atoms with Crippen LogP contribution in [0.15, 0.2) is 12.2 Å². The number of nitrogens with zero attached hydrogens (tertiary/aromatic N) is 1. The largest absolute Gasteiger partial charge is 0.376 e. The van der Waals surface area contributed by atoms with Crippen molar-refractivity contribution in [2.24, 2.45) is 5.92 Å². The Hall–Kier alpha value is -0.430. The summed E-state index contributed by atoms with van der Waals surface area (Å²) in [6.07, 6.45) is 3.32. The predicted octanol–water partition coefficient (Wildman–Crippen LogP) is 0.840. The summed E-state index contributed by atoms with van der Waals surface area (Å²) in [6.45, 7) is 9.92. The third-order valence-corrected chi connectivity index (χ3v) is 4.43. The minimum absolute atomic E-state index is 0.407. The lowest BCUT2D eigenvalue weighted by Gasteiger charge is -2.31. The molecule has 1 heterocycles. The van der Waals surface area contributed by atoms with E-state index in [1.165, 1.54) is 6.26 Å². The number of ether oxygens (including phenoxy) is 1. The van der Waals surface area contributed by atoms with E-state index in [0.29, 0.717) is 32.2 Å². The minimum Gasteiger partial charge on any atom is -0.376 e. The zero-order valence-corrected chi connectivity index (χ0v) is 12.8. The summed E-state index contributed by atoms with van der Waals surface area (Å²) in [5.41, 5.74) is 1.02. The van der Waals surface area contributed by atoms with E-state index in [1.54, 1.807) is 4.31 Å². The van der Waals surface area contributed by atoms with Gasteiger partial charge in [-0.05, 0) is 32.2 Å². The molecule has 0 aliphatic carbocycles. The molecule has 0 bridgehead atoms. The molecule has 1 aliphatic rings. The smallest absolute Gasteiger partial charge is 0.211 e. The molecule has 19 heavy (non-hydrogen) atoms. The standard InChI is InChI=1S/C13H26N2O3S/c1-12(2)11-18-8-6-14-9-13-5-4-7-15(10-13)19(3,16)17/h13-14H,1,4-11H2,2-3H3. The van der Waals surface area contributed by atoms with Gasteiger partial charge in [0.2, 0.25) is 10.0 Å². The molecule has 1 rings (SSSR count). The van der Waals surface area contributed by atoms with Crippen LogP contribution in [-0.4, -0.2) is 58.4 Å². The molecule has 0 aromatic rings. The lowest BCUT2D eigenvalue weighted by atomic mass is 10.00. The maximum Gasteiger partial charge on any atom is 0.211 e. The SMILES string of the molecule is C=C(C)COCCNCC1CCCN(S(C)(=O)=O)C1. The maximum atomic E-state index is 11.5. The highest BCUT2D eigenvalue weighted by atomic mass is 32.2. The maximum absolute atomic E-state index is 11.5. The topological polar surface area (TPSA) is 58.6 Å². The van der Waals surface area contributed by atoms with Crippen LogP contribution < -0.4 is 5.32 Å². The van der Waals surface area contributed by atoms with Gasteiger partial charge in [-0.15, -0.1) is 0 Å². The summed E-state index contributed by atoms with van der Waals surface area (Å²) in [7, 11) is -3.04. The average Bonchev–Trinajstić information content (AvgIpc) is 2.32. The summed E-state index contributed by atoms with van der Waals surface area (Å²) in [6, 6.07) is 0. The van der Waals surface area contributed by atoms with Crippen molar-refractivity contribution >= 4 is 10.0 Å². The summed E-state index contributed by atoms with van der Waals surface area (Å²) in [5, 5.41) is 3.32. The molecule has 0 saturated carbocycles. The second kappa shape index (κ2) is 7.99. The van der Waals surface area contributed by atoms with Gasteiger partial charge in [0.1, 0.15) is 0 Å². The molecule has 0 aromatic carbocycles. The Bertz CT molecular complexity index is 381. The molecule has 112 valence electrons. The third-order valence-electron chi connectivity index (χ3n) is 3.16. The van der Waals surface area contributed by atoms with Crippen LogP contribution in [0.2, 0.25) is 0 Å². The van der Waals surface area contributed by atoms with E-state index in [9.17, 15) is 8.42 Å². The van der Waals surface area contributed by atoms with Gasteiger partial charge in [0.25, 0.3) is 0 Å². The van der Waals surface area contributed by atoms with Gasteiger partial charge in [0.15, 0.2) is 0 Å². The lowest BCUT2D eigenvalue weighted by Crippen LogP contribution is -2.42. The van der Waals surface area contributed by atoms with E-state index in [4.69, 9.17) is 4.74 Å². The Labute approximate surface area is 117 Å². The molecule has 6 heteroatoms. The van der Waals surface area contributed by atoms with Crippen molar-refractivity contribution in [1.82, 2.24) is 9.62 Å². The van der Waals surface area contributed by atoms with Gasteiger partial charge < -0.3 is 10.1 Å². The summed E-state index contributed by atoms with van der Waals surface area (Å²) >= 11 is 0. The zero-order valence-electron chi connectivity index (χ0n) is 12.0. The Balaban J connectivity index is 2.14. The number of hydrogen-bond donors (Lipinski definition) is 1. The van der Waals surface area contributed by atoms with Gasteiger partial charge in [-0.1, -0.05) is 12.2 Å². The monoisotopic (exact) mass is 290 g/mol. The van der Waals surface area contributed by atoms with Crippen LogP contribution in [0, 0.1) is 5.92 Å². The van der Waals surface area contributed by atoms with Crippen molar-refractivity contribution in [3.63, 3.8) is 0 Å². The van der Waals surface area contributed by atoms with E-state index in [-0.39, 0.29) is 0 Å². The molecule has 1 atom stereocenters. The first-order valence-corrected chi connectivity index (χ1v) is 8.62. The van der Waals surface area contributed by atoms with Gasteiger partial charge in [-0.25, -0.2) is 12.7 Å². The number of piperidine rings is 1. The zero-order chi connectivity index (χ0) is 14.3. The third kappa shape index (κ3) is 7.06. The van der Waals surface area contributed by atoms with Crippen LogP contribution in [0.4, 0.5) is 0 Å². The molecule has 0 amide bonds. The van der Waals surface area contributed by atoms with E-state index >= 15 is 0 Å². The molecule has 5 nitrogen and oxygen atoms in total. The molecule has 1 aliphatic heterocycles. The van der Waals surface area contributed by atoms with Crippen molar-refractivity contribution < 1.29 is 13.2 Å². The van der Waals surface area contributed by atoms with Crippen LogP contribution in [0.25, 0.3) is 0 Å². The predicted molar refractivity (Wildman–Crippen MR) is 77.6 cm³/mol. The number of nitrogens with one attached hydrogen (secondary N) is 1. The fourth-order valence-electron chi connectivity index (χ4n) is 2.19. The Morgan fingerprint density at radius 3 is 2.89 bits per heavy atom. The van der Waals surface area contributed by atoms with Crippen molar-refractivity contribution in [2.45, 2.75) is 19.8 Å². The van der Waals surface area contributed by atoms with Gasteiger partial charge in [-0.3, -0.25) is 0 Å². The van der Waals surface area contributed by atoms with E-state index in [2.05, 4.69) is 11.9 Å². The average molecular weight is 290 g/mol. The summed E-state index contributed by atoms with van der Waals surface area (Å²) in [5.74, 6) is 0.407. The van der Waals surface area contributed by atoms with Crippen molar-refractivity contribution in [3.05, 3.63) is 12.2 Å². The van der Waals surface area contributed by atoms with Crippen LogP contribution in [0.5, 0.6) is 0 Å². The molecule has 1 N–H and O–H groups in total. The fourth-order valence-corrected chi connectivity index (χ4v) is 3.13. The first-order chi connectivity index (χ1) is 8.89. The van der Waals surface area contributed by atoms with Gasteiger partial charge in [0, 0.05) is 19.6 Å².